The minimum atomic E-state index is -0.857. The van der Waals surface area contributed by atoms with Gasteiger partial charge < -0.3 is 14.7 Å². The third-order valence-corrected chi connectivity index (χ3v) is 8.97. The SMILES string of the molecule is Cc1ccc2[nH]ncc2c1-c1ncc2c(N3CCCC(C)(O)C3)nc(OCC34CCCN3CCC4)nc2c1F. The molecular weight excluding hydrogens is 497 g/mol. The normalized spacial score (nSPS) is 23.1. The molecule has 9 nitrogen and oxygen atoms in total. The minimum Gasteiger partial charge on any atom is -0.461 e. The topological polar surface area (TPSA) is 103 Å². The maximum absolute atomic E-state index is 16.5. The average Bonchev–Trinajstić information content (AvgIpc) is 3.63. The van der Waals surface area contributed by atoms with E-state index in [-0.39, 0.29) is 22.8 Å². The first kappa shape index (κ1) is 24.7. The summed E-state index contributed by atoms with van der Waals surface area (Å²) in [6.07, 6.45) is 9.40. The van der Waals surface area contributed by atoms with Crippen LogP contribution in [-0.2, 0) is 0 Å². The molecule has 7 rings (SSSR count). The fourth-order valence-corrected chi connectivity index (χ4v) is 7.00. The van der Waals surface area contributed by atoms with Crippen LogP contribution in [0.1, 0.15) is 51.0 Å². The number of nitrogens with zero attached hydrogens (tertiary/aromatic N) is 6. The highest BCUT2D eigenvalue weighted by Gasteiger charge is 2.45. The number of aryl methyl sites for hydroxylation is 1. The molecule has 3 aliphatic heterocycles. The van der Waals surface area contributed by atoms with Crippen LogP contribution >= 0.6 is 0 Å². The van der Waals surface area contributed by atoms with Gasteiger partial charge in [0.15, 0.2) is 5.82 Å². The molecule has 6 heterocycles. The molecule has 0 radical (unpaired) electrons. The highest BCUT2D eigenvalue weighted by Crippen LogP contribution is 2.40. The lowest BCUT2D eigenvalue weighted by Crippen LogP contribution is -2.46. The molecule has 1 unspecified atom stereocenters. The highest BCUT2D eigenvalue weighted by molar-refractivity contribution is 5.98. The highest BCUT2D eigenvalue weighted by atomic mass is 19.1. The molecule has 0 amide bonds. The first-order valence-electron chi connectivity index (χ1n) is 14.0. The number of aliphatic hydroxyl groups is 1. The Balaban J connectivity index is 1.36. The molecule has 1 atom stereocenters. The Morgan fingerprint density at radius 3 is 2.64 bits per heavy atom. The predicted octanol–water partition coefficient (Wildman–Crippen LogP) is 4.37. The zero-order chi connectivity index (χ0) is 26.8. The number of fused-ring (bicyclic) bond motifs is 3. The van der Waals surface area contributed by atoms with E-state index >= 15 is 4.39 Å². The van der Waals surface area contributed by atoms with Crippen molar-refractivity contribution >= 4 is 27.6 Å². The van der Waals surface area contributed by atoms with Crippen LogP contribution in [0.3, 0.4) is 0 Å². The number of nitrogens with one attached hydrogen (secondary N) is 1. The smallest absolute Gasteiger partial charge is 0.319 e. The number of aromatic nitrogens is 5. The van der Waals surface area contributed by atoms with Crippen molar-refractivity contribution in [3.05, 3.63) is 35.9 Å². The van der Waals surface area contributed by atoms with Crippen LogP contribution in [0.2, 0.25) is 0 Å². The fraction of sp³-hybridized carbons (Fsp3) is 0.517. The lowest BCUT2D eigenvalue weighted by Gasteiger charge is -2.38. The zero-order valence-electron chi connectivity index (χ0n) is 22.5. The second-order valence-corrected chi connectivity index (χ2v) is 11.8. The molecule has 0 saturated carbocycles. The van der Waals surface area contributed by atoms with Crippen molar-refractivity contribution in [2.45, 2.75) is 63.5 Å². The Morgan fingerprint density at radius 1 is 1.05 bits per heavy atom. The van der Waals surface area contributed by atoms with Gasteiger partial charge in [0.1, 0.15) is 23.6 Å². The van der Waals surface area contributed by atoms with Crippen LogP contribution < -0.4 is 9.64 Å². The Hall–Kier alpha value is -3.37. The number of aromatic amines is 1. The van der Waals surface area contributed by atoms with Gasteiger partial charge in [-0.1, -0.05) is 6.07 Å². The number of pyridine rings is 1. The van der Waals surface area contributed by atoms with E-state index in [1.165, 1.54) is 12.8 Å². The van der Waals surface area contributed by atoms with E-state index in [0.717, 1.165) is 48.8 Å². The lowest BCUT2D eigenvalue weighted by molar-refractivity contribution is 0.0447. The monoisotopic (exact) mass is 531 g/mol. The van der Waals surface area contributed by atoms with Crippen molar-refractivity contribution in [1.82, 2.24) is 30.0 Å². The zero-order valence-corrected chi connectivity index (χ0v) is 22.5. The summed E-state index contributed by atoms with van der Waals surface area (Å²) in [5.41, 5.74) is 1.97. The van der Waals surface area contributed by atoms with Crippen molar-refractivity contribution in [1.29, 1.82) is 0 Å². The van der Waals surface area contributed by atoms with E-state index in [4.69, 9.17) is 9.72 Å². The van der Waals surface area contributed by atoms with Gasteiger partial charge in [-0.15, -0.1) is 0 Å². The molecule has 3 saturated heterocycles. The van der Waals surface area contributed by atoms with Crippen LogP contribution in [0.4, 0.5) is 10.2 Å². The van der Waals surface area contributed by atoms with E-state index in [2.05, 4.69) is 25.1 Å². The molecule has 0 bridgehead atoms. The quantitative estimate of drug-likeness (QED) is 0.391. The summed E-state index contributed by atoms with van der Waals surface area (Å²) in [6.45, 7) is 7.56. The van der Waals surface area contributed by atoms with Crippen LogP contribution in [-0.4, -0.2) is 79.1 Å². The Kier molecular flexibility index (Phi) is 5.75. The van der Waals surface area contributed by atoms with E-state index in [0.29, 0.717) is 42.9 Å². The fourth-order valence-electron chi connectivity index (χ4n) is 7.00. The summed E-state index contributed by atoms with van der Waals surface area (Å²) in [6, 6.07) is 4.04. The van der Waals surface area contributed by atoms with Gasteiger partial charge in [0.05, 0.1) is 28.2 Å². The van der Waals surface area contributed by atoms with Crippen LogP contribution in [0, 0.1) is 12.7 Å². The summed E-state index contributed by atoms with van der Waals surface area (Å²) >= 11 is 0. The first-order chi connectivity index (χ1) is 18.8. The first-order valence-corrected chi connectivity index (χ1v) is 14.0. The van der Waals surface area contributed by atoms with Crippen molar-refractivity contribution in [3.8, 4) is 17.3 Å². The van der Waals surface area contributed by atoms with Gasteiger partial charge in [-0.25, -0.2) is 4.39 Å². The molecule has 204 valence electrons. The van der Waals surface area contributed by atoms with Crippen molar-refractivity contribution < 1.29 is 14.2 Å². The Labute approximate surface area is 226 Å². The molecule has 0 aliphatic carbocycles. The van der Waals surface area contributed by atoms with Gasteiger partial charge in [-0.05, 0) is 77.1 Å². The summed E-state index contributed by atoms with van der Waals surface area (Å²) in [5.74, 6) is 0.0430. The average molecular weight is 532 g/mol. The van der Waals surface area contributed by atoms with Crippen molar-refractivity contribution in [2.75, 3.05) is 37.7 Å². The number of piperidine rings is 1. The third kappa shape index (κ3) is 4.12. The van der Waals surface area contributed by atoms with Crippen LogP contribution in [0.25, 0.3) is 33.1 Å². The maximum atomic E-state index is 16.5. The van der Waals surface area contributed by atoms with Crippen LogP contribution in [0.5, 0.6) is 6.01 Å². The van der Waals surface area contributed by atoms with Gasteiger partial charge in [0.2, 0.25) is 0 Å². The maximum Gasteiger partial charge on any atom is 0.319 e. The number of halogens is 1. The van der Waals surface area contributed by atoms with Crippen molar-refractivity contribution in [3.63, 3.8) is 0 Å². The number of H-pyrrole nitrogens is 1. The van der Waals surface area contributed by atoms with Gasteiger partial charge in [0.25, 0.3) is 0 Å². The van der Waals surface area contributed by atoms with Crippen molar-refractivity contribution in [2.24, 2.45) is 0 Å². The van der Waals surface area contributed by atoms with E-state index < -0.39 is 11.4 Å². The molecule has 2 N–H and O–H groups in total. The molecule has 39 heavy (non-hydrogen) atoms. The summed E-state index contributed by atoms with van der Waals surface area (Å²) in [5, 5.41) is 19.3. The summed E-state index contributed by atoms with van der Waals surface area (Å²) < 4.78 is 22.8. The van der Waals surface area contributed by atoms with E-state index in [9.17, 15) is 5.11 Å². The molecular formula is C29H34FN7O2. The van der Waals surface area contributed by atoms with Gasteiger partial charge in [-0.2, -0.15) is 15.1 Å². The summed E-state index contributed by atoms with van der Waals surface area (Å²) in [4.78, 5) is 18.6. The van der Waals surface area contributed by atoms with Gasteiger partial charge >= 0.3 is 6.01 Å². The molecule has 3 aromatic heterocycles. The molecule has 3 aliphatic rings. The molecule has 0 spiro atoms. The standard InChI is InChI=1S/C29H34FN7O2/c1-18-6-7-21-19(15-32-35-21)22(18)25-23(30)24-20(14-31-25)26(36-11-3-8-28(2,38)16-36)34-27(33-24)39-17-29-9-4-12-37(29)13-5-10-29/h6-7,14-15,38H,3-5,8-13,16-17H2,1-2H3,(H,32,35). The lowest BCUT2D eigenvalue weighted by atomic mass is 9.95. The second-order valence-electron chi connectivity index (χ2n) is 11.8. The second kappa shape index (κ2) is 9.09. The number of benzene rings is 1. The third-order valence-electron chi connectivity index (χ3n) is 8.97. The number of β-amino-alcohol motifs (C(OH)–C–C–N with tert-alkyl or cyclic N) is 1. The molecule has 3 fully saturated rings. The number of hydrogen-bond donors (Lipinski definition) is 2. The van der Waals surface area contributed by atoms with Gasteiger partial charge in [-0.3, -0.25) is 15.0 Å². The van der Waals surface area contributed by atoms with E-state index in [1.54, 1.807) is 12.4 Å². The Bertz CT molecular complexity index is 1560. The minimum absolute atomic E-state index is 0.0171. The van der Waals surface area contributed by atoms with E-state index in [1.807, 2.05) is 30.9 Å². The predicted molar refractivity (Wildman–Crippen MR) is 147 cm³/mol. The molecule has 4 aromatic rings. The number of rotatable bonds is 5. The summed E-state index contributed by atoms with van der Waals surface area (Å²) in [7, 11) is 0. The molecule has 1 aromatic carbocycles. The number of ether oxygens (including phenoxy) is 1. The number of hydrogen-bond acceptors (Lipinski definition) is 8. The largest absolute Gasteiger partial charge is 0.461 e. The van der Waals surface area contributed by atoms with Gasteiger partial charge in [0, 0.05) is 30.2 Å². The number of anilines is 1. The van der Waals surface area contributed by atoms with Crippen LogP contribution in [0.15, 0.2) is 24.5 Å². The molecule has 10 heteroatoms. The Morgan fingerprint density at radius 2 is 1.85 bits per heavy atom.